The number of unbranched alkanes of at least 4 members (excludes halogenated alkanes) is 29. The summed E-state index contributed by atoms with van der Waals surface area (Å²) in [4.78, 5) is 12.6. The number of aliphatic hydroxyl groups excluding tert-OH is 2. The minimum absolute atomic E-state index is 0.293. The Morgan fingerprint density at radius 3 is 1.18 bits per heavy atom. The van der Waals surface area contributed by atoms with Gasteiger partial charge in [-0.3, -0.25) is 9.35 Å². The highest BCUT2D eigenvalue weighted by molar-refractivity contribution is 7.85. The van der Waals surface area contributed by atoms with E-state index in [1.165, 1.54) is 148 Å². The van der Waals surface area contributed by atoms with Crippen molar-refractivity contribution in [2.24, 2.45) is 0 Å². The molecule has 4 N–H and O–H groups in total. The van der Waals surface area contributed by atoms with Gasteiger partial charge >= 0.3 is 0 Å². The Hall–Kier alpha value is -0.960. The van der Waals surface area contributed by atoms with Crippen LogP contribution in [0.25, 0.3) is 0 Å². The lowest BCUT2D eigenvalue weighted by Crippen LogP contribution is -2.50. The van der Waals surface area contributed by atoms with Gasteiger partial charge in [-0.05, 0) is 38.5 Å². The molecule has 0 bridgehead atoms. The minimum atomic E-state index is -4.41. The second kappa shape index (κ2) is 37.4. The van der Waals surface area contributed by atoms with Crippen LogP contribution < -0.4 is 5.32 Å². The van der Waals surface area contributed by atoms with E-state index >= 15 is 0 Å². The first-order valence-electron chi connectivity index (χ1n) is 22.0. The molecule has 0 heterocycles. The van der Waals surface area contributed by atoms with Crippen molar-refractivity contribution in [3.63, 3.8) is 0 Å². The third-order valence-corrected chi connectivity index (χ3v) is 11.1. The Morgan fingerprint density at radius 1 is 0.510 bits per heavy atom. The van der Waals surface area contributed by atoms with Crippen LogP contribution in [0.4, 0.5) is 0 Å². The molecule has 0 radical (unpaired) electrons. The molecule has 0 fully saturated rings. The standard InChI is InChI=1S/C43H85NO6S/c1-3-5-7-9-11-13-15-17-19-21-22-24-25-27-29-31-33-35-37-41(45)40(39-51(48,49)50)44-43(47)42(46)38-36-34-32-30-28-26-23-20-18-16-14-12-10-8-6-4-2/h18,20,40-42,45-46H,3-17,19,21-39H2,1-2H3,(H,44,47)(H,48,49,50)/b20-18-. The number of allylic oxidation sites excluding steroid dienone is 2. The van der Waals surface area contributed by atoms with Gasteiger partial charge in [-0.15, -0.1) is 0 Å². The van der Waals surface area contributed by atoms with Gasteiger partial charge in [0.05, 0.1) is 17.9 Å². The van der Waals surface area contributed by atoms with Crippen LogP contribution in [0.1, 0.15) is 232 Å². The largest absolute Gasteiger partial charge is 0.391 e. The van der Waals surface area contributed by atoms with Gasteiger partial charge in [0, 0.05) is 0 Å². The number of amides is 1. The van der Waals surface area contributed by atoms with E-state index in [-0.39, 0.29) is 0 Å². The zero-order chi connectivity index (χ0) is 37.7. The zero-order valence-electron chi connectivity index (χ0n) is 33.6. The van der Waals surface area contributed by atoms with Crippen molar-refractivity contribution in [1.82, 2.24) is 5.32 Å². The van der Waals surface area contributed by atoms with E-state index in [9.17, 15) is 28.0 Å². The molecule has 1 amide bonds. The van der Waals surface area contributed by atoms with Crippen LogP contribution in [0.2, 0.25) is 0 Å². The van der Waals surface area contributed by atoms with E-state index in [2.05, 4.69) is 31.3 Å². The Bertz CT molecular complexity index is 880. The summed E-state index contributed by atoms with van der Waals surface area (Å²) in [5, 5.41) is 23.6. The van der Waals surface area contributed by atoms with Gasteiger partial charge in [-0.1, -0.05) is 206 Å². The third-order valence-electron chi connectivity index (χ3n) is 10.3. The van der Waals surface area contributed by atoms with Gasteiger partial charge < -0.3 is 15.5 Å². The van der Waals surface area contributed by atoms with Crippen molar-refractivity contribution >= 4 is 16.0 Å². The summed E-state index contributed by atoms with van der Waals surface area (Å²) < 4.78 is 32.6. The number of aliphatic hydroxyl groups is 2. The number of hydrogen-bond acceptors (Lipinski definition) is 5. The summed E-state index contributed by atoms with van der Waals surface area (Å²) in [5.41, 5.74) is 0. The first-order chi connectivity index (χ1) is 24.7. The van der Waals surface area contributed by atoms with Gasteiger partial charge in [-0.25, -0.2) is 0 Å². The Balaban J connectivity index is 3.94. The number of rotatable bonds is 40. The molecule has 304 valence electrons. The van der Waals surface area contributed by atoms with Crippen molar-refractivity contribution in [2.45, 2.75) is 250 Å². The van der Waals surface area contributed by atoms with Crippen LogP contribution in [0, 0.1) is 0 Å². The van der Waals surface area contributed by atoms with Gasteiger partial charge in [0.1, 0.15) is 6.10 Å². The fourth-order valence-corrected chi connectivity index (χ4v) is 7.69. The molecule has 0 rings (SSSR count). The monoisotopic (exact) mass is 744 g/mol. The lowest BCUT2D eigenvalue weighted by Gasteiger charge is -2.24. The molecule has 8 heteroatoms. The average molecular weight is 744 g/mol. The maximum absolute atomic E-state index is 12.6. The van der Waals surface area contributed by atoms with Crippen molar-refractivity contribution in [1.29, 1.82) is 0 Å². The Morgan fingerprint density at radius 2 is 0.824 bits per heavy atom. The number of carbonyl (C=O) groups excluding carboxylic acids is 1. The molecule has 3 atom stereocenters. The SMILES string of the molecule is CCCCCCCC/C=C\CCCCCCCCC(O)C(=O)NC(CS(=O)(=O)O)C(O)CCCCCCCCCCCCCCCCCCCC. The van der Waals surface area contributed by atoms with Crippen molar-refractivity contribution < 1.29 is 28.0 Å². The molecule has 7 nitrogen and oxygen atoms in total. The quantitative estimate of drug-likeness (QED) is 0.0281. The predicted octanol–water partition coefficient (Wildman–Crippen LogP) is 11.9. The lowest BCUT2D eigenvalue weighted by atomic mass is 10.0. The fourth-order valence-electron chi connectivity index (χ4n) is 6.93. The van der Waals surface area contributed by atoms with Crippen LogP contribution in [0.15, 0.2) is 12.2 Å². The van der Waals surface area contributed by atoms with Crippen molar-refractivity contribution in [3.8, 4) is 0 Å². The van der Waals surface area contributed by atoms with Crippen LogP contribution in [-0.2, 0) is 14.9 Å². The second-order valence-corrected chi connectivity index (χ2v) is 17.0. The summed E-state index contributed by atoms with van der Waals surface area (Å²) in [6.07, 6.45) is 42.2. The normalized spacial score (nSPS) is 13.9. The molecule has 0 aromatic rings. The molecule has 0 aromatic carbocycles. The molecular formula is C43H85NO6S. The molecule has 0 saturated carbocycles. The first kappa shape index (κ1) is 50.0. The van der Waals surface area contributed by atoms with E-state index in [1.807, 2.05) is 0 Å². The molecule has 0 aromatic heterocycles. The summed E-state index contributed by atoms with van der Waals surface area (Å²) in [7, 11) is -4.41. The highest BCUT2D eigenvalue weighted by Crippen LogP contribution is 2.17. The minimum Gasteiger partial charge on any atom is -0.391 e. The number of nitrogens with one attached hydrogen (secondary N) is 1. The molecule has 0 spiro atoms. The number of hydrogen-bond donors (Lipinski definition) is 4. The molecule has 0 aliphatic rings. The maximum Gasteiger partial charge on any atom is 0.266 e. The van der Waals surface area contributed by atoms with Crippen molar-refractivity contribution in [2.75, 3.05) is 5.75 Å². The highest BCUT2D eigenvalue weighted by Gasteiger charge is 2.28. The van der Waals surface area contributed by atoms with Gasteiger partial charge in [0.15, 0.2) is 0 Å². The Labute approximate surface area is 316 Å². The highest BCUT2D eigenvalue weighted by atomic mass is 32.2. The van der Waals surface area contributed by atoms with E-state index < -0.39 is 40.0 Å². The van der Waals surface area contributed by atoms with E-state index in [0.29, 0.717) is 19.3 Å². The summed E-state index contributed by atoms with van der Waals surface area (Å²) in [6.45, 7) is 4.52. The fraction of sp³-hybridized carbons (Fsp3) is 0.930. The molecule has 0 aliphatic carbocycles. The predicted molar refractivity (Wildman–Crippen MR) is 218 cm³/mol. The van der Waals surface area contributed by atoms with Crippen LogP contribution in [-0.4, -0.2) is 53.1 Å². The molecular weight excluding hydrogens is 659 g/mol. The summed E-state index contributed by atoms with van der Waals surface area (Å²) in [6, 6.07) is -1.15. The Kier molecular flexibility index (Phi) is 36.7. The molecule has 51 heavy (non-hydrogen) atoms. The van der Waals surface area contributed by atoms with E-state index in [4.69, 9.17) is 0 Å². The zero-order valence-corrected chi connectivity index (χ0v) is 34.4. The van der Waals surface area contributed by atoms with Crippen LogP contribution >= 0.6 is 0 Å². The van der Waals surface area contributed by atoms with Gasteiger partial charge in [0.2, 0.25) is 5.91 Å². The smallest absolute Gasteiger partial charge is 0.266 e. The maximum atomic E-state index is 12.6. The molecule has 3 unspecified atom stereocenters. The van der Waals surface area contributed by atoms with Gasteiger partial charge in [0.25, 0.3) is 10.1 Å². The topological polar surface area (TPSA) is 124 Å². The molecule has 0 saturated heterocycles. The molecule has 0 aliphatic heterocycles. The lowest BCUT2D eigenvalue weighted by molar-refractivity contribution is -0.131. The van der Waals surface area contributed by atoms with E-state index in [0.717, 1.165) is 51.4 Å². The second-order valence-electron chi connectivity index (χ2n) is 15.5. The summed E-state index contributed by atoms with van der Waals surface area (Å²) >= 11 is 0. The first-order valence-corrected chi connectivity index (χ1v) is 23.6. The van der Waals surface area contributed by atoms with E-state index in [1.54, 1.807) is 0 Å². The van der Waals surface area contributed by atoms with Gasteiger partial charge in [-0.2, -0.15) is 8.42 Å². The van der Waals surface area contributed by atoms with Crippen LogP contribution in [0.3, 0.4) is 0 Å². The number of carbonyl (C=O) groups is 1. The van der Waals surface area contributed by atoms with Crippen LogP contribution in [0.5, 0.6) is 0 Å². The average Bonchev–Trinajstić information content (AvgIpc) is 3.09. The van der Waals surface area contributed by atoms with Crippen molar-refractivity contribution in [3.05, 3.63) is 12.2 Å². The third kappa shape index (κ3) is 37.2. The summed E-state index contributed by atoms with van der Waals surface area (Å²) in [5.74, 6) is -1.45.